The van der Waals surface area contributed by atoms with Crippen LogP contribution in [-0.2, 0) is 6.54 Å². The van der Waals surface area contributed by atoms with Crippen molar-refractivity contribution in [2.75, 3.05) is 32.8 Å². The van der Waals surface area contributed by atoms with Gasteiger partial charge in [0.15, 0.2) is 6.61 Å². The summed E-state index contributed by atoms with van der Waals surface area (Å²) in [5.41, 5.74) is 1.16. The largest absolute Gasteiger partial charge is 0.484 e. The Kier molecular flexibility index (Phi) is 6.18. The van der Waals surface area contributed by atoms with E-state index in [2.05, 4.69) is 4.90 Å². The third-order valence-corrected chi connectivity index (χ3v) is 4.44. The number of piperazine rings is 1. The zero-order valence-corrected chi connectivity index (χ0v) is 15.1. The van der Waals surface area contributed by atoms with Crippen LogP contribution in [0.3, 0.4) is 0 Å². The molecule has 0 N–H and O–H groups in total. The number of hydrogen-bond acceptors (Lipinski definition) is 3. The molecule has 1 aliphatic heterocycles. The maximum absolute atomic E-state index is 13.3. The van der Waals surface area contributed by atoms with Gasteiger partial charge in [0.2, 0.25) is 0 Å². The number of hydrogen-bond donors (Lipinski definition) is 0. The van der Waals surface area contributed by atoms with Crippen molar-refractivity contribution in [3.05, 3.63) is 65.5 Å². The molecule has 28 heavy (non-hydrogen) atoms. The molecule has 2 aromatic carbocycles. The first kappa shape index (κ1) is 20.1. The normalized spacial score (nSPS) is 15.5. The molecule has 1 aliphatic rings. The van der Waals surface area contributed by atoms with E-state index >= 15 is 0 Å². The van der Waals surface area contributed by atoms with Crippen molar-refractivity contribution < 1.29 is 27.1 Å². The topological polar surface area (TPSA) is 32.8 Å². The van der Waals surface area contributed by atoms with Crippen molar-refractivity contribution in [3.8, 4) is 5.75 Å². The second-order valence-corrected chi connectivity index (χ2v) is 6.63. The summed E-state index contributed by atoms with van der Waals surface area (Å²) in [7, 11) is 0. The number of halogens is 4. The van der Waals surface area contributed by atoms with Crippen LogP contribution in [0.4, 0.5) is 17.6 Å². The average molecular weight is 396 g/mol. The van der Waals surface area contributed by atoms with E-state index in [1.165, 1.54) is 30.3 Å². The summed E-state index contributed by atoms with van der Waals surface area (Å²) in [5, 5.41) is 0. The first-order chi connectivity index (χ1) is 13.3. The summed E-state index contributed by atoms with van der Waals surface area (Å²) in [5.74, 6) is -0.519. The van der Waals surface area contributed by atoms with Crippen LogP contribution in [0.15, 0.2) is 48.5 Å². The minimum absolute atomic E-state index is 0.00733. The molecule has 1 saturated heterocycles. The molecule has 150 valence electrons. The fourth-order valence-corrected chi connectivity index (χ4v) is 3.07. The smallest absolute Gasteiger partial charge is 0.422 e. The van der Waals surface area contributed by atoms with E-state index in [1.54, 1.807) is 17.0 Å². The lowest BCUT2D eigenvalue weighted by molar-refractivity contribution is -0.153. The first-order valence-corrected chi connectivity index (χ1v) is 8.86. The summed E-state index contributed by atoms with van der Waals surface area (Å²) in [6.07, 6.45) is -4.43. The summed E-state index contributed by atoms with van der Waals surface area (Å²) in [6.45, 7) is 1.44. The monoisotopic (exact) mass is 396 g/mol. The molecule has 0 radical (unpaired) electrons. The third kappa shape index (κ3) is 5.69. The number of carbonyl (C=O) groups excluding carboxylic acids is 1. The van der Waals surface area contributed by atoms with E-state index in [0.29, 0.717) is 38.3 Å². The number of rotatable bonds is 5. The SMILES string of the molecule is O=C(c1cccc(OCC(F)(F)F)c1)N1CCN(Cc2cccc(F)c2)CC1. The van der Waals surface area contributed by atoms with Crippen LogP contribution in [0.25, 0.3) is 0 Å². The highest BCUT2D eigenvalue weighted by Gasteiger charge is 2.28. The molecule has 3 rings (SSSR count). The molecule has 0 atom stereocenters. The second-order valence-electron chi connectivity index (χ2n) is 6.63. The van der Waals surface area contributed by atoms with Crippen LogP contribution in [0.5, 0.6) is 5.75 Å². The Balaban J connectivity index is 1.55. The highest BCUT2D eigenvalue weighted by Crippen LogP contribution is 2.20. The van der Waals surface area contributed by atoms with E-state index in [9.17, 15) is 22.4 Å². The molecule has 1 amide bonds. The van der Waals surface area contributed by atoms with E-state index in [4.69, 9.17) is 4.74 Å². The maximum Gasteiger partial charge on any atom is 0.422 e. The first-order valence-electron chi connectivity index (χ1n) is 8.86. The summed E-state index contributed by atoms with van der Waals surface area (Å²) in [4.78, 5) is 16.4. The quantitative estimate of drug-likeness (QED) is 0.723. The average Bonchev–Trinajstić information content (AvgIpc) is 2.66. The fraction of sp³-hybridized carbons (Fsp3) is 0.350. The Morgan fingerprint density at radius 2 is 1.71 bits per heavy atom. The zero-order valence-electron chi connectivity index (χ0n) is 15.1. The van der Waals surface area contributed by atoms with Gasteiger partial charge in [-0.1, -0.05) is 18.2 Å². The molecule has 1 heterocycles. The lowest BCUT2D eigenvalue weighted by Crippen LogP contribution is -2.48. The Morgan fingerprint density at radius 3 is 2.39 bits per heavy atom. The minimum Gasteiger partial charge on any atom is -0.484 e. The molecule has 0 aromatic heterocycles. The molecule has 0 aliphatic carbocycles. The van der Waals surface area contributed by atoms with E-state index in [1.807, 2.05) is 6.07 Å². The van der Waals surface area contributed by atoms with Gasteiger partial charge in [-0.3, -0.25) is 9.69 Å². The molecule has 0 spiro atoms. The van der Waals surface area contributed by atoms with Crippen LogP contribution in [0.2, 0.25) is 0 Å². The van der Waals surface area contributed by atoms with Crippen LogP contribution in [-0.4, -0.2) is 54.7 Å². The van der Waals surface area contributed by atoms with Crippen molar-refractivity contribution >= 4 is 5.91 Å². The summed E-state index contributed by atoms with van der Waals surface area (Å²) < 4.78 is 54.8. The van der Waals surface area contributed by atoms with Gasteiger partial charge >= 0.3 is 6.18 Å². The number of carbonyl (C=O) groups is 1. The fourth-order valence-electron chi connectivity index (χ4n) is 3.07. The molecule has 8 heteroatoms. The van der Waals surface area contributed by atoms with Crippen LogP contribution in [0.1, 0.15) is 15.9 Å². The number of nitrogens with zero attached hydrogens (tertiary/aromatic N) is 2. The Bertz CT molecular complexity index is 818. The molecular weight excluding hydrogens is 376 g/mol. The molecule has 0 bridgehead atoms. The van der Waals surface area contributed by atoms with Gasteiger partial charge in [0.1, 0.15) is 11.6 Å². The Labute approximate surface area is 160 Å². The maximum atomic E-state index is 13.3. The molecule has 1 fully saturated rings. The van der Waals surface area contributed by atoms with Gasteiger partial charge in [-0.05, 0) is 35.9 Å². The summed E-state index contributed by atoms with van der Waals surface area (Å²) in [6, 6.07) is 12.2. The van der Waals surface area contributed by atoms with E-state index < -0.39 is 12.8 Å². The lowest BCUT2D eigenvalue weighted by Gasteiger charge is -2.34. The van der Waals surface area contributed by atoms with Gasteiger partial charge in [-0.25, -0.2) is 4.39 Å². The van der Waals surface area contributed by atoms with Crippen molar-refractivity contribution in [2.45, 2.75) is 12.7 Å². The number of amides is 1. The van der Waals surface area contributed by atoms with Gasteiger partial charge in [0, 0.05) is 38.3 Å². The van der Waals surface area contributed by atoms with Gasteiger partial charge in [0.25, 0.3) is 5.91 Å². The van der Waals surface area contributed by atoms with Gasteiger partial charge in [-0.2, -0.15) is 13.2 Å². The van der Waals surface area contributed by atoms with Crippen LogP contribution < -0.4 is 4.74 Å². The molecule has 2 aromatic rings. The van der Waals surface area contributed by atoms with Crippen LogP contribution in [0, 0.1) is 5.82 Å². The highest BCUT2D eigenvalue weighted by molar-refractivity contribution is 5.94. The predicted molar refractivity (Wildman–Crippen MR) is 95.6 cm³/mol. The van der Waals surface area contributed by atoms with E-state index in [0.717, 1.165) is 5.56 Å². The van der Waals surface area contributed by atoms with Crippen molar-refractivity contribution in [2.24, 2.45) is 0 Å². The molecule has 4 nitrogen and oxygen atoms in total. The Morgan fingerprint density at radius 1 is 1.00 bits per heavy atom. The standard InChI is InChI=1S/C20H20F4N2O2/c21-17-5-1-3-15(11-17)13-25-7-9-26(10-8-25)19(27)16-4-2-6-18(12-16)28-14-20(22,23)24/h1-6,11-12H,7-10,13-14H2. The second kappa shape index (κ2) is 8.60. The van der Waals surface area contributed by atoms with Crippen molar-refractivity contribution in [3.63, 3.8) is 0 Å². The minimum atomic E-state index is -4.43. The number of benzene rings is 2. The number of alkyl halides is 3. The van der Waals surface area contributed by atoms with Gasteiger partial charge in [-0.15, -0.1) is 0 Å². The summed E-state index contributed by atoms with van der Waals surface area (Å²) >= 11 is 0. The zero-order chi connectivity index (χ0) is 20.1. The molecule has 0 unspecified atom stereocenters. The highest BCUT2D eigenvalue weighted by atomic mass is 19.4. The molecular formula is C20H20F4N2O2. The predicted octanol–water partition coefficient (Wildman–Crippen LogP) is 3.72. The van der Waals surface area contributed by atoms with Crippen LogP contribution >= 0.6 is 0 Å². The number of ether oxygens (including phenoxy) is 1. The lowest BCUT2D eigenvalue weighted by atomic mass is 10.1. The van der Waals surface area contributed by atoms with E-state index in [-0.39, 0.29) is 17.5 Å². The molecule has 0 saturated carbocycles. The van der Waals surface area contributed by atoms with Crippen molar-refractivity contribution in [1.82, 2.24) is 9.80 Å². The van der Waals surface area contributed by atoms with Gasteiger partial charge < -0.3 is 9.64 Å². The Hall–Kier alpha value is -2.61. The van der Waals surface area contributed by atoms with Crippen molar-refractivity contribution in [1.29, 1.82) is 0 Å². The third-order valence-electron chi connectivity index (χ3n) is 4.44. The van der Waals surface area contributed by atoms with Gasteiger partial charge in [0.05, 0.1) is 0 Å².